The molecule has 0 radical (unpaired) electrons. The largest absolute Gasteiger partial charge is 0.573 e. The highest BCUT2D eigenvalue weighted by Crippen LogP contribution is 2.28. The fraction of sp³-hybridized carbons (Fsp3) is 0.351. The van der Waals surface area contributed by atoms with E-state index in [1.54, 1.807) is 36.1 Å². The van der Waals surface area contributed by atoms with Gasteiger partial charge in [0, 0.05) is 68.9 Å². The first-order chi connectivity index (χ1) is 24.3. The predicted octanol–water partition coefficient (Wildman–Crippen LogP) is 5.94. The van der Waals surface area contributed by atoms with Crippen LogP contribution in [0.5, 0.6) is 5.75 Å². The SMILES string of the molecule is C[C@@](Cc1ccc(Cl)cc1)(NC(=O)c1cc(=O)c2cc(OC(F)(F)F)ccc2o1)C(=O)N1CCN(c2ccccc2CN2CCCCC2=O)CC1. The van der Waals surface area contributed by atoms with Crippen molar-refractivity contribution in [3.63, 3.8) is 0 Å². The Bertz CT molecular complexity index is 2000. The smallest absolute Gasteiger partial charge is 0.451 e. The summed E-state index contributed by atoms with van der Waals surface area (Å²) in [5, 5.41) is 3.07. The maximum Gasteiger partial charge on any atom is 0.573 e. The standard InChI is InChI=1S/C37H36ClF3N4O6/c1-36(22-24-9-11-26(38)12-10-24,42-34(48)32-21-30(46)28-20-27(51-37(39,40)41)13-14-31(28)50-32)35(49)44-18-16-43(17-19-44)29-7-3-2-6-25(29)23-45-15-5-4-8-33(45)47/h2-3,6-7,9-14,20-21H,4-5,8,15-19,22-23H2,1H3,(H,42,48)/t36-/m0/s1. The summed E-state index contributed by atoms with van der Waals surface area (Å²) >= 11 is 6.10. The van der Waals surface area contributed by atoms with Crippen LogP contribution in [0, 0.1) is 0 Å². The molecule has 2 aliphatic rings. The number of amides is 3. The summed E-state index contributed by atoms with van der Waals surface area (Å²) in [7, 11) is 0. The summed E-state index contributed by atoms with van der Waals surface area (Å²) in [6, 6.07) is 18.6. The molecule has 10 nitrogen and oxygen atoms in total. The molecule has 1 atom stereocenters. The Kier molecular flexibility index (Phi) is 10.3. The van der Waals surface area contributed by atoms with Crippen molar-refractivity contribution in [3.8, 4) is 5.75 Å². The third-order valence-corrected chi connectivity index (χ3v) is 9.42. The van der Waals surface area contributed by atoms with E-state index >= 15 is 0 Å². The molecule has 6 rings (SSSR count). The second-order valence-corrected chi connectivity index (χ2v) is 13.4. The zero-order valence-corrected chi connectivity index (χ0v) is 28.6. The Hall–Kier alpha value is -5.04. The van der Waals surface area contributed by atoms with E-state index in [-0.39, 0.29) is 29.2 Å². The number of piperidine rings is 1. The second-order valence-electron chi connectivity index (χ2n) is 13.0. The number of likely N-dealkylation sites (tertiary alicyclic amines) is 1. The number of nitrogens with one attached hydrogen (secondary N) is 1. The van der Waals surface area contributed by atoms with Crippen LogP contribution >= 0.6 is 11.6 Å². The van der Waals surface area contributed by atoms with E-state index in [4.69, 9.17) is 16.0 Å². The number of carbonyl (C=O) groups excluding carboxylic acids is 3. The van der Waals surface area contributed by atoms with E-state index in [9.17, 15) is 32.3 Å². The maximum absolute atomic E-state index is 14.3. The first-order valence-corrected chi connectivity index (χ1v) is 17.0. The van der Waals surface area contributed by atoms with Crippen LogP contribution in [0.15, 0.2) is 82.0 Å². The summed E-state index contributed by atoms with van der Waals surface area (Å²) in [6.45, 7) is 4.59. The molecule has 2 fully saturated rings. The van der Waals surface area contributed by atoms with Gasteiger partial charge in [0.05, 0.1) is 5.39 Å². The van der Waals surface area contributed by atoms with Gasteiger partial charge in [-0.05, 0) is 67.3 Å². The lowest BCUT2D eigenvalue weighted by Crippen LogP contribution is -2.62. The fourth-order valence-electron chi connectivity index (χ4n) is 6.63. The lowest BCUT2D eigenvalue weighted by molar-refractivity contribution is -0.274. The Morgan fingerprint density at radius 1 is 0.922 bits per heavy atom. The van der Waals surface area contributed by atoms with Crippen molar-refractivity contribution >= 4 is 46.0 Å². The van der Waals surface area contributed by atoms with Gasteiger partial charge in [-0.1, -0.05) is 41.9 Å². The molecule has 0 aliphatic carbocycles. The topological polar surface area (TPSA) is 112 Å². The minimum atomic E-state index is -4.96. The van der Waals surface area contributed by atoms with Crippen molar-refractivity contribution in [1.29, 1.82) is 0 Å². The van der Waals surface area contributed by atoms with Crippen molar-refractivity contribution in [2.24, 2.45) is 0 Å². The number of halogens is 4. The highest BCUT2D eigenvalue weighted by atomic mass is 35.5. The van der Waals surface area contributed by atoms with Gasteiger partial charge in [-0.2, -0.15) is 0 Å². The molecule has 268 valence electrons. The van der Waals surface area contributed by atoms with Gasteiger partial charge in [0.25, 0.3) is 5.91 Å². The number of alkyl halides is 3. The number of hydrogen-bond acceptors (Lipinski definition) is 7. The van der Waals surface area contributed by atoms with Crippen LogP contribution in [0.25, 0.3) is 11.0 Å². The molecule has 3 amide bonds. The van der Waals surface area contributed by atoms with Gasteiger partial charge >= 0.3 is 6.36 Å². The van der Waals surface area contributed by atoms with Crippen LogP contribution in [0.3, 0.4) is 0 Å². The molecule has 4 aromatic rings. The average molecular weight is 725 g/mol. The van der Waals surface area contributed by atoms with Gasteiger partial charge in [0.15, 0.2) is 11.2 Å². The summed E-state index contributed by atoms with van der Waals surface area (Å²) in [6.07, 6.45) is -2.43. The third-order valence-electron chi connectivity index (χ3n) is 9.17. The Labute approximate surface area is 296 Å². The van der Waals surface area contributed by atoms with E-state index in [0.29, 0.717) is 49.7 Å². The summed E-state index contributed by atoms with van der Waals surface area (Å²) in [5.41, 5.74) is 0.358. The van der Waals surface area contributed by atoms with Crippen LogP contribution < -0.4 is 20.4 Å². The molecule has 0 saturated carbocycles. The summed E-state index contributed by atoms with van der Waals surface area (Å²) < 4.78 is 47.7. The number of nitrogens with zero attached hydrogens (tertiary/aromatic N) is 3. The lowest BCUT2D eigenvalue weighted by Gasteiger charge is -2.41. The molecule has 3 heterocycles. The number of para-hydroxylation sites is 1. The minimum absolute atomic E-state index is 0.0810. The number of benzene rings is 3. The quantitative estimate of drug-likeness (QED) is 0.228. The Morgan fingerprint density at radius 3 is 2.35 bits per heavy atom. The first kappa shape index (κ1) is 35.8. The number of piperazine rings is 1. The molecular formula is C37H36ClF3N4O6. The molecule has 2 saturated heterocycles. The zero-order valence-electron chi connectivity index (χ0n) is 27.8. The van der Waals surface area contributed by atoms with Crippen LogP contribution in [0.4, 0.5) is 18.9 Å². The van der Waals surface area contributed by atoms with Gasteiger partial charge in [-0.15, -0.1) is 13.2 Å². The van der Waals surface area contributed by atoms with E-state index in [2.05, 4.69) is 15.0 Å². The number of fused-ring (bicyclic) bond motifs is 1. The van der Waals surface area contributed by atoms with E-state index in [0.717, 1.165) is 54.9 Å². The number of ether oxygens (including phenoxy) is 1. The molecule has 51 heavy (non-hydrogen) atoms. The molecule has 1 N–H and O–H groups in total. The second kappa shape index (κ2) is 14.7. The van der Waals surface area contributed by atoms with Crippen molar-refractivity contribution < 1.29 is 36.7 Å². The van der Waals surface area contributed by atoms with Gasteiger partial charge in [0.2, 0.25) is 11.8 Å². The number of carbonyl (C=O) groups is 3. The van der Waals surface area contributed by atoms with Gasteiger partial charge in [0.1, 0.15) is 16.9 Å². The number of anilines is 1. The van der Waals surface area contributed by atoms with E-state index < -0.39 is 34.7 Å². The molecule has 1 aromatic heterocycles. The van der Waals surface area contributed by atoms with Crippen molar-refractivity contribution in [2.45, 2.75) is 51.1 Å². The fourth-order valence-corrected chi connectivity index (χ4v) is 6.75. The Morgan fingerprint density at radius 2 is 1.65 bits per heavy atom. The molecular weight excluding hydrogens is 689 g/mol. The maximum atomic E-state index is 14.3. The molecule has 0 bridgehead atoms. The normalized spacial score (nSPS) is 16.6. The molecule has 2 aliphatic heterocycles. The van der Waals surface area contributed by atoms with Crippen molar-refractivity contribution in [3.05, 3.63) is 105 Å². The highest BCUT2D eigenvalue weighted by molar-refractivity contribution is 6.30. The van der Waals surface area contributed by atoms with E-state index in [1.165, 1.54) is 0 Å². The van der Waals surface area contributed by atoms with Crippen molar-refractivity contribution in [2.75, 3.05) is 37.6 Å². The summed E-state index contributed by atoms with van der Waals surface area (Å²) in [5.74, 6) is -2.08. The van der Waals surface area contributed by atoms with Crippen LogP contribution in [-0.4, -0.2) is 72.1 Å². The van der Waals surface area contributed by atoms with Gasteiger partial charge in [-0.3, -0.25) is 19.2 Å². The average Bonchev–Trinajstić information content (AvgIpc) is 3.10. The monoisotopic (exact) mass is 724 g/mol. The molecule has 0 spiro atoms. The van der Waals surface area contributed by atoms with Crippen molar-refractivity contribution in [1.82, 2.24) is 15.1 Å². The highest BCUT2D eigenvalue weighted by Gasteiger charge is 2.40. The third kappa shape index (κ3) is 8.47. The predicted molar refractivity (Wildman–Crippen MR) is 185 cm³/mol. The molecule has 14 heteroatoms. The Balaban J connectivity index is 1.21. The number of rotatable bonds is 9. The van der Waals surface area contributed by atoms with Gasteiger partial charge in [-0.25, -0.2) is 0 Å². The van der Waals surface area contributed by atoms with Crippen LogP contribution in [0.1, 0.15) is 47.9 Å². The summed E-state index contributed by atoms with van der Waals surface area (Å²) in [4.78, 5) is 59.2. The van der Waals surface area contributed by atoms with Crippen LogP contribution in [-0.2, 0) is 22.6 Å². The molecule has 0 unspecified atom stereocenters. The van der Waals surface area contributed by atoms with E-state index in [1.807, 2.05) is 29.2 Å². The number of hydrogen-bond donors (Lipinski definition) is 1. The first-order valence-electron chi connectivity index (χ1n) is 16.6. The minimum Gasteiger partial charge on any atom is -0.451 e. The molecule has 3 aromatic carbocycles. The van der Waals surface area contributed by atoms with Crippen LogP contribution in [0.2, 0.25) is 5.02 Å². The lowest BCUT2D eigenvalue weighted by atomic mass is 9.90. The zero-order chi connectivity index (χ0) is 36.3. The van der Waals surface area contributed by atoms with Gasteiger partial charge < -0.3 is 29.2 Å².